The highest BCUT2D eigenvalue weighted by Gasteiger charge is 2.23. The Bertz CT molecular complexity index is 1400. The summed E-state index contributed by atoms with van der Waals surface area (Å²) in [6.07, 6.45) is -1.12. The van der Waals surface area contributed by atoms with Gasteiger partial charge < -0.3 is 14.6 Å². The predicted molar refractivity (Wildman–Crippen MR) is 137 cm³/mol. The average Bonchev–Trinajstić information content (AvgIpc) is 2.88. The fourth-order valence-corrected chi connectivity index (χ4v) is 4.88. The van der Waals surface area contributed by atoms with Crippen molar-refractivity contribution in [2.24, 2.45) is 0 Å². The van der Waals surface area contributed by atoms with E-state index in [0.717, 1.165) is 16.7 Å². The summed E-state index contributed by atoms with van der Waals surface area (Å²) >= 11 is 0. The van der Waals surface area contributed by atoms with Crippen molar-refractivity contribution in [2.75, 3.05) is 18.9 Å². The molecule has 0 radical (unpaired) electrons. The minimum absolute atomic E-state index is 0.116. The highest BCUT2D eigenvalue weighted by Crippen LogP contribution is 2.39. The van der Waals surface area contributed by atoms with E-state index in [9.17, 15) is 13.5 Å². The van der Waals surface area contributed by atoms with E-state index < -0.39 is 16.1 Å². The van der Waals surface area contributed by atoms with Crippen molar-refractivity contribution in [1.29, 1.82) is 0 Å². The van der Waals surface area contributed by atoms with Crippen LogP contribution in [-0.2, 0) is 10.0 Å². The molecule has 35 heavy (non-hydrogen) atoms. The van der Waals surface area contributed by atoms with E-state index in [2.05, 4.69) is 4.72 Å². The first-order chi connectivity index (χ1) is 16.8. The minimum Gasteiger partial charge on any atom is -0.493 e. The number of sulfonamides is 1. The Morgan fingerprint density at radius 2 is 1.34 bits per heavy atom. The number of anilines is 1. The smallest absolute Gasteiger partial charge is 0.261 e. The number of benzene rings is 4. The van der Waals surface area contributed by atoms with Crippen LogP contribution in [0.15, 0.2) is 95.9 Å². The molecule has 0 aliphatic rings. The van der Waals surface area contributed by atoms with Gasteiger partial charge >= 0.3 is 0 Å². The monoisotopic (exact) mass is 489 g/mol. The summed E-state index contributed by atoms with van der Waals surface area (Å²) in [5.41, 5.74) is 4.16. The van der Waals surface area contributed by atoms with Gasteiger partial charge in [0, 0.05) is 11.6 Å². The molecule has 4 aromatic carbocycles. The van der Waals surface area contributed by atoms with Gasteiger partial charge in [0.1, 0.15) is 6.10 Å². The molecular formula is C28H27NO5S. The van der Waals surface area contributed by atoms with E-state index >= 15 is 0 Å². The standard InChI is InChI=1S/C28H27NO5S/c1-19-9-15-23(16-10-19)35(31,32)29-25-18-27(34-3)26(33-2)17-24(25)28(30)22-13-11-21(12-14-22)20-7-5-4-6-8-20/h4-18,28-30H,1-3H3. The minimum atomic E-state index is -3.91. The van der Waals surface area contributed by atoms with Crippen molar-refractivity contribution in [3.63, 3.8) is 0 Å². The van der Waals surface area contributed by atoms with Crippen molar-refractivity contribution >= 4 is 15.7 Å². The number of nitrogens with one attached hydrogen (secondary N) is 1. The van der Waals surface area contributed by atoms with Gasteiger partial charge in [-0.05, 0) is 41.8 Å². The molecule has 1 unspecified atom stereocenters. The summed E-state index contributed by atoms with van der Waals surface area (Å²) in [6.45, 7) is 1.88. The zero-order valence-electron chi connectivity index (χ0n) is 19.7. The van der Waals surface area contributed by atoms with Gasteiger partial charge in [-0.15, -0.1) is 0 Å². The fraction of sp³-hybridized carbons (Fsp3) is 0.143. The lowest BCUT2D eigenvalue weighted by Crippen LogP contribution is -2.16. The summed E-state index contributed by atoms with van der Waals surface area (Å²) < 4.78 is 39.6. The van der Waals surface area contributed by atoms with E-state index in [0.29, 0.717) is 22.6 Å². The number of hydrogen-bond donors (Lipinski definition) is 2. The number of aliphatic hydroxyl groups excluding tert-OH is 1. The molecule has 0 spiro atoms. The predicted octanol–water partition coefficient (Wildman–Crippen LogP) is 5.56. The number of hydrogen-bond acceptors (Lipinski definition) is 5. The molecule has 0 saturated carbocycles. The van der Waals surface area contributed by atoms with Crippen molar-refractivity contribution in [2.45, 2.75) is 17.9 Å². The fourth-order valence-electron chi connectivity index (χ4n) is 3.80. The van der Waals surface area contributed by atoms with Crippen LogP contribution >= 0.6 is 0 Å². The first-order valence-electron chi connectivity index (χ1n) is 11.0. The quantitative estimate of drug-likeness (QED) is 0.338. The summed E-state index contributed by atoms with van der Waals surface area (Å²) in [7, 11) is -0.961. The van der Waals surface area contributed by atoms with E-state index in [1.807, 2.05) is 61.5 Å². The van der Waals surface area contributed by atoms with Crippen LogP contribution in [0, 0.1) is 6.92 Å². The zero-order valence-corrected chi connectivity index (χ0v) is 20.5. The van der Waals surface area contributed by atoms with Crippen LogP contribution in [0.1, 0.15) is 22.8 Å². The van der Waals surface area contributed by atoms with Crippen LogP contribution in [0.3, 0.4) is 0 Å². The largest absolute Gasteiger partial charge is 0.493 e. The molecule has 180 valence electrons. The maximum atomic E-state index is 13.1. The summed E-state index contributed by atoms with van der Waals surface area (Å²) in [5, 5.41) is 11.3. The second-order valence-corrected chi connectivity index (χ2v) is 9.79. The van der Waals surface area contributed by atoms with E-state index in [1.165, 1.54) is 32.4 Å². The highest BCUT2D eigenvalue weighted by atomic mass is 32.2. The van der Waals surface area contributed by atoms with Crippen molar-refractivity contribution in [1.82, 2.24) is 0 Å². The molecule has 1 atom stereocenters. The number of ether oxygens (including phenoxy) is 2. The highest BCUT2D eigenvalue weighted by molar-refractivity contribution is 7.92. The topological polar surface area (TPSA) is 84.9 Å². The molecule has 0 heterocycles. The second kappa shape index (κ2) is 10.2. The Morgan fingerprint density at radius 3 is 1.94 bits per heavy atom. The summed E-state index contributed by atoms with van der Waals surface area (Å²) in [4.78, 5) is 0.116. The van der Waals surface area contributed by atoms with Crippen LogP contribution in [0.4, 0.5) is 5.69 Å². The number of aryl methyl sites for hydroxylation is 1. The normalized spacial score (nSPS) is 12.1. The Kier molecular flexibility index (Phi) is 7.10. The van der Waals surface area contributed by atoms with Gasteiger partial charge in [0.2, 0.25) is 0 Å². The molecule has 7 heteroatoms. The van der Waals surface area contributed by atoms with Gasteiger partial charge in [0.05, 0.1) is 24.8 Å². The lowest BCUT2D eigenvalue weighted by Gasteiger charge is -2.20. The second-order valence-electron chi connectivity index (χ2n) is 8.10. The molecule has 4 aromatic rings. The summed E-state index contributed by atoms with van der Waals surface area (Å²) in [5.74, 6) is 0.713. The average molecular weight is 490 g/mol. The van der Waals surface area contributed by atoms with Crippen LogP contribution in [-0.4, -0.2) is 27.7 Å². The maximum absolute atomic E-state index is 13.1. The van der Waals surface area contributed by atoms with Crippen LogP contribution in [0.5, 0.6) is 11.5 Å². The maximum Gasteiger partial charge on any atom is 0.261 e. The zero-order chi connectivity index (χ0) is 25.0. The molecule has 0 fully saturated rings. The van der Waals surface area contributed by atoms with Gasteiger partial charge in [-0.1, -0.05) is 72.3 Å². The van der Waals surface area contributed by atoms with Crippen molar-refractivity contribution < 1.29 is 23.0 Å². The van der Waals surface area contributed by atoms with Gasteiger partial charge in [0.25, 0.3) is 10.0 Å². The molecule has 0 amide bonds. The van der Waals surface area contributed by atoms with E-state index in [1.54, 1.807) is 18.2 Å². The number of aliphatic hydroxyl groups is 1. The van der Waals surface area contributed by atoms with E-state index in [-0.39, 0.29) is 10.6 Å². The Hall–Kier alpha value is -3.81. The Morgan fingerprint density at radius 1 is 0.771 bits per heavy atom. The van der Waals surface area contributed by atoms with E-state index in [4.69, 9.17) is 9.47 Å². The van der Waals surface area contributed by atoms with Gasteiger partial charge in [-0.25, -0.2) is 8.42 Å². The number of methoxy groups -OCH3 is 2. The lowest BCUT2D eigenvalue weighted by atomic mass is 9.97. The van der Waals surface area contributed by atoms with Crippen LogP contribution in [0.2, 0.25) is 0 Å². The molecule has 0 saturated heterocycles. The first kappa shape index (κ1) is 24.3. The number of rotatable bonds is 8. The van der Waals surface area contributed by atoms with Crippen LogP contribution in [0.25, 0.3) is 11.1 Å². The third-order valence-corrected chi connectivity index (χ3v) is 7.14. The molecule has 0 aliphatic carbocycles. The van der Waals surface area contributed by atoms with Crippen LogP contribution < -0.4 is 14.2 Å². The van der Waals surface area contributed by atoms with Gasteiger partial charge in [-0.2, -0.15) is 0 Å². The molecule has 6 nitrogen and oxygen atoms in total. The van der Waals surface area contributed by atoms with Gasteiger partial charge in [-0.3, -0.25) is 4.72 Å². The molecule has 4 rings (SSSR count). The molecular weight excluding hydrogens is 462 g/mol. The van der Waals surface area contributed by atoms with Gasteiger partial charge in [0.15, 0.2) is 11.5 Å². The van der Waals surface area contributed by atoms with Crippen molar-refractivity contribution in [3.8, 4) is 22.6 Å². The third kappa shape index (κ3) is 5.31. The molecule has 0 aromatic heterocycles. The van der Waals surface area contributed by atoms with Crippen molar-refractivity contribution in [3.05, 3.63) is 108 Å². The SMILES string of the molecule is COc1cc(NS(=O)(=O)c2ccc(C)cc2)c(C(O)c2ccc(-c3ccccc3)cc2)cc1OC. The summed E-state index contributed by atoms with van der Waals surface area (Å²) in [6, 6.07) is 27.0. The molecule has 0 bridgehead atoms. The first-order valence-corrected chi connectivity index (χ1v) is 12.5. The molecule has 2 N–H and O–H groups in total. The Balaban J connectivity index is 1.73. The Labute approximate surface area is 205 Å². The lowest BCUT2D eigenvalue weighted by molar-refractivity contribution is 0.220. The molecule has 0 aliphatic heterocycles. The third-order valence-electron chi connectivity index (χ3n) is 5.76.